The van der Waals surface area contributed by atoms with E-state index in [2.05, 4.69) is 5.32 Å². The zero-order valence-electron chi connectivity index (χ0n) is 13.6. The van der Waals surface area contributed by atoms with Crippen molar-refractivity contribution in [3.63, 3.8) is 0 Å². The Morgan fingerprint density at radius 1 is 1.18 bits per heavy atom. The molecule has 0 heterocycles. The maximum atomic E-state index is 11.9. The van der Waals surface area contributed by atoms with Crippen LogP contribution in [0.3, 0.4) is 0 Å². The summed E-state index contributed by atoms with van der Waals surface area (Å²) in [4.78, 5) is 23.7. The predicted molar refractivity (Wildman–Crippen MR) is 81.9 cm³/mol. The average molecular weight is 309 g/mol. The van der Waals surface area contributed by atoms with E-state index >= 15 is 0 Å². The topological polar surface area (TPSA) is 73.9 Å². The Bertz CT molecular complexity index is 522. The third-order valence-electron chi connectivity index (χ3n) is 2.79. The number of nitrogens with one attached hydrogen (secondary N) is 1. The summed E-state index contributed by atoms with van der Waals surface area (Å²) in [6.07, 6.45) is -0.423. The largest absolute Gasteiger partial charge is 0.496 e. The van der Waals surface area contributed by atoms with Crippen molar-refractivity contribution in [2.75, 3.05) is 14.2 Å². The molecule has 1 aromatic carbocycles. The molecule has 1 aromatic rings. The van der Waals surface area contributed by atoms with E-state index in [4.69, 9.17) is 14.2 Å². The molecule has 1 rings (SSSR count). The van der Waals surface area contributed by atoms with Crippen LogP contribution in [0.5, 0.6) is 5.75 Å². The van der Waals surface area contributed by atoms with Crippen molar-refractivity contribution in [1.29, 1.82) is 0 Å². The molecule has 22 heavy (non-hydrogen) atoms. The third kappa shape index (κ3) is 5.63. The Labute approximate surface area is 130 Å². The SMILES string of the molecule is COC(=O)[C@H](Cc1ccccc1OC)NC(=O)OC(C)(C)C. The molecule has 0 bridgehead atoms. The molecule has 0 aliphatic heterocycles. The van der Waals surface area contributed by atoms with Crippen molar-refractivity contribution in [2.45, 2.75) is 38.8 Å². The van der Waals surface area contributed by atoms with Gasteiger partial charge in [0.05, 0.1) is 14.2 Å². The lowest BCUT2D eigenvalue weighted by Gasteiger charge is -2.23. The second-order valence-corrected chi connectivity index (χ2v) is 5.74. The summed E-state index contributed by atoms with van der Waals surface area (Å²) in [7, 11) is 2.82. The van der Waals surface area contributed by atoms with E-state index < -0.39 is 23.7 Å². The summed E-state index contributed by atoms with van der Waals surface area (Å²) in [5, 5.41) is 2.53. The summed E-state index contributed by atoms with van der Waals surface area (Å²) in [6, 6.07) is 6.43. The highest BCUT2D eigenvalue weighted by atomic mass is 16.6. The van der Waals surface area contributed by atoms with Crippen LogP contribution in [0.2, 0.25) is 0 Å². The quantitative estimate of drug-likeness (QED) is 0.845. The molecule has 0 aliphatic carbocycles. The van der Waals surface area contributed by atoms with E-state index in [0.29, 0.717) is 5.75 Å². The first-order valence-electron chi connectivity index (χ1n) is 6.96. The number of amides is 1. The third-order valence-corrected chi connectivity index (χ3v) is 2.79. The number of ether oxygens (including phenoxy) is 3. The van der Waals surface area contributed by atoms with Crippen LogP contribution < -0.4 is 10.1 Å². The summed E-state index contributed by atoms with van der Waals surface area (Å²) in [6.45, 7) is 5.25. The maximum absolute atomic E-state index is 11.9. The van der Waals surface area contributed by atoms with Crippen molar-refractivity contribution in [3.8, 4) is 5.75 Å². The highest BCUT2D eigenvalue weighted by Gasteiger charge is 2.26. The van der Waals surface area contributed by atoms with Gasteiger partial charge >= 0.3 is 12.1 Å². The van der Waals surface area contributed by atoms with Gasteiger partial charge in [-0.1, -0.05) is 18.2 Å². The normalized spacial score (nSPS) is 12.2. The molecular formula is C16H23NO5. The first-order chi connectivity index (χ1) is 10.3. The predicted octanol–water partition coefficient (Wildman–Crippen LogP) is 2.30. The number of carbonyl (C=O) groups excluding carboxylic acids is 2. The van der Waals surface area contributed by atoms with Gasteiger partial charge in [-0.15, -0.1) is 0 Å². The average Bonchev–Trinajstić information content (AvgIpc) is 2.44. The van der Waals surface area contributed by atoms with Crippen LogP contribution in [0.1, 0.15) is 26.3 Å². The van der Waals surface area contributed by atoms with Crippen molar-refractivity contribution < 1.29 is 23.8 Å². The first kappa shape index (κ1) is 17.8. The van der Waals surface area contributed by atoms with Gasteiger partial charge in [0.2, 0.25) is 0 Å². The fourth-order valence-corrected chi connectivity index (χ4v) is 1.88. The number of hydrogen-bond donors (Lipinski definition) is 1. The Kier molecular flexibility index (Phi) is 6.22. The molecule has 122 valence electrons. The van der Waals surface area contributed by atoms with Gasteiger partial charge in [-0.3, -0.25) is 0 Å². The van der Waals surface area contributed by atoms with Crippen molar-refractivity contribution in [1.82, 2.24) is 5.32 Å². The number of carbonyl (C=O) groups is 2. The standard InChI is InChI=1S/C16H23NO5/c1-16(2,3)22-15(19)17-12(14(18)21-5)10-11-8-6-7-9-13(11)20-4/h6-9,12H,10H2,1-5H3,(H,17,19)/t12-/m0/s1. The van der Waals surface area contributed by atoms with Crippen molar-refractivity contribution in [2.24, 2.45) is 0 Å². The van der Waals surface area contributed by atoms with E-state index in [0.717, 1.165) is 5.56 Å². The van der Waals surface area contributed by atoms with Crippen LogP contribution in [0.25, 0.3) is 0 Å². The van der Waals surface area contributed by atoms with Gasteiger partial charge in [0, 0.05) is 6.42 Å². The molecule has 0 spiro atoms. The fraction of sp³-hybridized carbons (Fsp3) is 0.500. The van der Waals surface area contributed by atoms with Gasteiger partial charge in [0.25, 0.3) is 0 Å². The number of para-hydroxylation sites is 1. The Morgan fingerprint density at radius 3 is 2.36 bits per heavy atom. The Hall–Kier alpha value is -2.24. The Morgan fingerprint density at radius 2 is 1.82 bits per heavy atom. The molecule has 1 atom stereocenters. The van der Waals surface area contributed by atoms with Crippen molar-refractivity contribution >= 4 is 12.1 Å². The monoisotopic (exact) mass is 309 g/mol. The van der Waals surface area contributed by atoms with Gasteiger partial charge in [-0.25, -0.2) is 9.59 Å². The van der Waals surface area contributed by atoms with E-state index in [9.17, 15) is 9.59 Å². The minimum Gasteiger partial charge on any atom is -0.496 e. The maximum Gasteiger partial charge on any atom is 0.408 e. The van der Waals surface area contributed by atoms with Gasteiger partial charge in [0.15, 0.2) is 0 Å². The van der Waals surface area contributed by atoms with Gasteiger partial charge in [0.1, 0.15) is 17.4 Å². The lowest BCUT2D eigenvalue weighted by atomic mass is 10.0. The first-order valence-corrected chi connectivity index (χ1v) is 6.96. The molecule has 1 N–H and O–H groups in total. The number of methoxy groups -OCH3 is 2. The van der Waals surface area contributed by atoms with E-state index in [1.165, 1.54) is 7.11 Å². The molecule has 1 amide bonds. The highest BCUT2D eigenvalue weighted by Crippen LogP contribution is 2.19. The molecule has 6 heteroatoms. The number of rotatable bonds is 5. The molecule has 0 radical (unpaired) electrons. The van der Waals surface area contributed by atoms with E-state index in [1.807, 2.05) is 18.2 Å². The highest BCUT2D eigenvalue weighted by molar-refractivity contribution is 5.81. The second-order valence-electron chi connectivity index (χ2n) is 5.74. The zero-order valence-corrected chi connectivity index (χ0v) is 13.6. The van der Waals surface area contributed by atoms with E-state index in [-0.39, 0.29) is 6.42 Å². The van der Waals surface area contributed by atoms with Crippen molar-refractivity contribution in [3.05, 3.63) is 29.8 Å². The van der Waals surface area contributed by atoms with E-state index in [1.54, 1.807) is 33.9 Å². The minimum atomic E-state index is -0.851. The van der Waals surface area contributed by atoms with Gasteiger partial charge in [-0.05, 0) is 32.4 Å². The fourth-order valence-electron chi connectivity index (χ4n) is 1.88. The van der Waals surface area contributed by atoms with Gasteiger partial charge < -0.3 is 19.5 Å². The van der Waals surface area contributed by atoms with Crippen LogP contribution in [-0.2, 0) is 20.7 Å². The van der Waals surface area contributed by atoms with Crippen LogP contribution in [0, 0.1) is 0 Å². The van der Waals surface area contributed by atoms with Crippen LogP contribution in [0.4, 0.5) is 4.79 Å². The summed E-state index contributed by atoms with van der Waals surface area (Å²) >= 11 is 0. The number of alkyl carbamates (subject to hydrolysis) is 1. The molecule has 6 nitrogen and oxygen atoms in total. The summed E-state index contributed by atoms with van der Waals surface area (Å²) < 4.78 is 15.2. The molecule has 0 fully saturated rings. The lowest BCUT2D eigenvalue weighted by molar-refractivity contribution is -0.143. The smallest absolute Gasteiger partial charge is 0.408 e. The number of hydrogen-bond acceptors (Lipinski definition) is 5. The second kappa shape index (κ2) is 7.68. The molecular weight excluding hydrogens is 286 g/mol. The minimum absolute atomic E-state index is 0.246. The van der Waals surface area contributed by atoms with Crippen LogP contribution in [-0.4, -0.2) is 37.9 Å². The number of esters is 1. The summed E-state index contributed by atoms with van der Waals surface area (Å²) in [5.74, 6) is 0.0964. The molecule has 0 saturated carbocycles. The number of benzene rings is 1. The van der Waals surface area contributed by atoms with Crippen LogP contribution >= 0.6 is 0 Å². The molecule has 0 aromatic heterocycles. The molecule has 0 saturated heterocycles. The summed E-state index contributed by atoms with van der Waals surface area (Å²) in [5.41, 5.74) is 0.145. The van der Waals surface area contributed by atoms with Crippen LogP contribution in [0.15, 0.2) is 24.3 Å². The molecule has 0 aliphatic rings. The zero-order chi connectivity index (χ0) is 16.8. The lowest BCUT2D eigenvalue weighted by Crippen LogP contribution is -2.45. The molecule has 0 unspecified atom stereocenters. The Balaban J connectivity index is 2.85. The van der Waals surface area contributed by atoms with Gasteiger partial charge in [-0.2, -0.15) is 0 Å².